The number of rotatable bonds is 2. The Labute approximate surface area is 77.0 Å². The lowest BCUT2D eigenvalue weighted by Crippen LogP contribution is -2.15. The van der Waals surface area contributed by atoms with E-state index in [2.05, 4.69) is 11.1 Å². The van der Waals surface area contributed by atoms with Gasteiger partial charge in [0.05, 0.1) is 17.2 Å². The van der Waals surface area contributed by atoms with Crippen LogP contribution >= 0.6 is 0 Å². The lowest BCUT2D eigenvalue weighted by Gasteiger charge is -2.13. The van der Waals surface area contributed by atoms with Gasteiger partial charge in [0.15, 0.2) is 6.29 Å². The maximum absolute atomic E-state index is 10.3. The number of nitrogens with zero attached hydrogens (tertiary/aromatic N) is 2. The Hall–Kier alpha value is -1.69. The second-order valence-corrected chi connectivity index (χ2v) is 3.33. The van der Waals surface area contributed by atoms with Crippen LogP contribution in [-0.2, 0) is 5.41 Å². The van der Waals surface area contributed by atoms with Crippen molar-refractivity contribution in [3.8, 4) is 6.07 Å². The number of pyridine rings is 1. The van der Waals surface area contributed by atoms with E-state index < -0.39 is 5.41 Å². The monoisotopic (exact) mass is 174 g/mol. The molecule has 0 fully saturated rings. The minimum absolute atomic E-state index is 0.525. The van der Waals surface area contributed by atoms with Gasteiger partial charge >= 0.3 is 0 Å². The van der Waals surface area contributed by atoms with E-state index in [1.54, 1.807) is 26.0 Å². The number of carbonyl (C=O) groups excluding carboxylic acids is 1. The second kappa shape index (κ2) is 3.36. The molecule has 0 amide bonds. The topological polar surface area (TPSA) is 53.8 Å². The molecular weight excluding hydrogens is 164 g/mol. The van der Waals surface area contributed by atoms with Gasteiger partial charge in [0, 0.05) is 11.8 Å². The summed E-state index contributed by atoms with van der Waals surface area (Å²) >= 11 is 0. The molecule has 13 heavy (non-hydrogen) atoms. The van der Waals surface area contributed by atoms with Crippen LogP contribution in [-0.4, -0.2) is 11.3 Å². The van der Waals surface area contributed by atoms with Crippen LogP contribution in [0, 0.1) is 11.3 Å². The maximum atomic E-state index is 10.3. The first-order valence-corrected chi connectivity index (χ1v) is 3.93. The molecule has 0 spiro atoms. The van der Waals surface area contributed by atoms with Crippen LogP contribution in [0.1, 0.15) is 29.9 Å². The summed E-state index contributed by atoms with van der Waals surface area (Å²) in [6.07, 6.45) is 2.21. The second-order valence-electron chi connectivity index (χ2n) is 3.33. The van der Waals surface area contributed by atoms with Gasteiger partial charge in [0.1, 0.15) is 0 Å². The Kier molecular flexibility index (Phi) is 2.43. The van der Waals surface area contributed by atoms with Crippen molar-refractivity contribution < 1.29 is 4.79 Å². The molecule has 0 atom stereocenters. The molecule has 0 aliphatic heterocycles. The first-order chi connectivity index (χ1) is 6.10. The van der Waals surface area contributed by atoms with E-state index in [9.17, 15) is 4.79 Å². The minimum atomic E-state index is -0.596. The fraction of sp³-hybridized carbons (Fsp3) is 0.300. The molecule has 0 saturated heterocycles. The molecule has 0 aromatic carbocycles. The molecule has 1 aromatic heterocycles. The van der Waals surface area contributed by atoms with Gasteiger partial charge in [-0.2, -0.15) is 5.26 Å². The molecule has 1 rings (SSSR count). The van der Waals surface area contributed by atoms with Crippen molar-refractivity contribution in [3.05, 3.63) is 29.6 Å². The highest BCUT2D eigenvalue weighted by Crippen LogP contribution is 2.19. The third kappa shape index (κ3) is 1.91. The highest BCUT2D eigenvalue weighted by atomic mass is 16.1. The van der Waals surface area contributed by atoms with Gasteiger partial charge in [-0.3, -0.25) is 9.78 Å². The van der Waals surface area contributed by atoms with Crippen LogP contribution in [0.15, 0.2) is 18.3 Å². The molecule has 0 bridgehead atoms. The molecule has 1 aromatic rings. The predicted octanol–water partition coefficient (Wildman–Crippen LogP) is 1.70. The summed E-state index contributed by atoms with van der Waals surface area (Å²) in [7, 11) is 0. The van der Waals surface area contributed by atoms with Gasteiger partial charge in [-0.1, -0.05) is 0 Å². The van der Waals surface area contributed by atoms with E-state index in [1.165, 1.54) is 6.20 Å². The number of aromatic nitrogens is 1. The Bertz CT molecular complexity index is 346. The molecule has 66 valence electrons. The fourth-order valence-electron chi connectivity index (χ4n) is 0.902. The van der Waals surface area contributed by atoms with Crippen molar-refractivity contribution in [2.24, 2.45) is 0 Å². The molecule has 0 aliphatic rings. The Morgan fingerprint density at radius 1 is 1.54 bits per heavy atom. The standard InChI is InChI=1S/C10H10N2O/c1-10(2,7-11)9-4-3-8(6-13)5-12-9/h3-6H,1-2H3. The molecular formula is C10H10N2O. The van der Waals surface area contributed by atoms with Crippen LogP contribution in [0.3, 0.4) is 0 Å². The molecule has 3 heteroatoms. The zero-order valence-electron chi connectivity index (χ0n) is 7.61. The predicted molar refractivity (Wildman–Crippen MR) is 48.3 cm³/mol. The quantitative estimate of drug-likeness (QED) is 0.641. The summed E-state index contributed by atoms with van der Waals surface area (Å²) in [5.41, 5.74) is 0.611. The van der Waals surface area contributed by atoms with Gasteiger partial charge in [-0.15, -0.1) is 0 Å². The number of hydrogen-bond donors (Lipinski definition) is 0. The smallest absolute Gasteiger partial charge is 0.151 e. The highest BCUT2D eigenvalue weighted by molar-refractivity contribution is 5.73. The Morgan fingerprint density at radius 2 is 2.23 bits per heavy atom. The summed E-state index contributed by atoms with van der Waals surface area (Å²) in [6, 6.07) is 5.51. The first kappa shape index (κ1) is 9.40. The summed E-state index contributed by atoms with van der Waals surface area (Å²) < 4.78 is 0. The van der Waals surface area contributed by atoms with E-state index >= 15 is 0 Å². The van der Waals surface area contributed by atoms with Crippen molar-refractivity contribution in [2.75, 3.05) is 0 Å². The first-order valence-electron chi connectivity index (χ1n) is 3.93. The van der Waals surface area contributed by atoms with E-state index in [0.717, 1.165) is 6.29 Å². The Balaban J connectivity index is 3.07. The molecule has 0 unspecified atom stereocenters. The summed E-state index contributed by atoms with van der Waals surface area (Å²) in [6.45, 7) is 3.58. The van der Waals surface area contributed by atoms with Gasteiger partial charge in [0.2, 0.25) is 0 Å². The maximum Gasteiger partial charge on any atom is 0.151 e. The lowest BCUT2D eigenvalue weighted by atomic mass is 9.91. The molecule has 0 radical (unpaired) electrons. The van der Waals surface area contributed by atoms with Gasteiger partial charge in [0.25, 0.3) is 0 Å². The van der Waals surface area contributed by atoms with Crippen LogP contribution in [0.2, 0.25) is 0 Å². The van der Waals surface area contributed by atoms with Crippen LogP contribution < -0.4 is 0 Å². The van der Waals surface area contributed by atoms with Crippen molar-refractivity contribution >= 4 is 6.29 Å². The van der Waals surface area contributed by atoms with Gasteiger partial charge < -0.3 is 0 Å². The van der Waals surface area contributed by atoms with E-state index in [-0.39, 0.29) is 0 Å². The number of aldehydes is 1. The highest BCUT2D eigenvalue weighted by Gasteiger charge is 2.20. The van der Waals surface area contributed by atoms with Crippen molar-refractivity contribution in [1.29, 1.82) is 5.26 Å². The summed E-state index contributed by atoms with van der Waals surface area (Å²) in [5.74, 6) is 0. The van der Waals surface area contributed by atoms with E-state index in [1.807, 2.05) is 0 Å². The van der Waals surface area contributed by atoms with Crippen LogP contribution in [0.25, 0.3) is 0 Å². The fourth-order valence-corrected chi connectivity index (χ4v) is 0.902. The van der Waals surface area contributed by atoms with Crippen molar-refractivity contribution in [1.82, 2.24) is 4.98 Å². The van der Waals surface area contributed by atoms with E-state index in [0.29, 0.717) is 11.3 Å². The molecule has 0 aliphatic carbocycles. The zero-order valence-corrected chi connectivity index (χ0v) is 7.61. The van der Waals surface area contributed by atoms with Crippen molar-refractivity contribution in [3.63, 3.8) is 0 Å². The number of carbonyl (C=O) groups is 1. The minimum Gasteiger partial charge on any atom is -0.298 e. The van der Waals surface area contributed by atoms with Crippen molar-refractivity contribution in [2.45, 2.75) is 19.3 Å². The zero-order chi connectivity index (χ0) is 9.90. The molecule has 0 N–H and O–H groups in total. The largest absolute Gasteiger partial charge is 0.298 e. The number of nitriles is 1. The Morgan fingerprint density at radius 3 is 2.62 bits per heavy atom. The molecule has 0 saturated carbocycles. The normalized spacial score (nSPS) is 10.5. The number of hydrogen-bond acceptors (Lipinski definition) is 3. The van der Waals surface area contributed by atoms with Crippen LogP contribution in [0.4, 0.5) is 0 Å². The average molecular weight is 174 g/mol. The van der Waals surface area contributed by atoms with Gasteiger partial charge in [-0.05, 0) is 26.0 Å². The lowest BCUT2D eigenvalue weighted by molar-refractivity contribution is 0.112. The van der Waals surface area contributed by atoms with E-state index in [4.69, 9.17) is 5.26 Å². The molecule has 3 nitrogen and oxygen atoms in total. The van der Waals surface area contributed by atoms with Gasteiger partial charge in [-0.25, -0.2) is 0 Å². The SMILES string of the molecule is CC(C)(C#N)c1ccc(C=O)cn1. The molecule has 1 heterocycles. The average Bonchev–Trinajstić information content (AvgIpc) is 2.18. The third-order valence-corrected chi connectivity index (χ3v) is 1.84. The summed E-state index contributed by atoms with van der Waals surface area (Å²) in [4.78, 5) is 14.4. The van der Waals surface area contributed by atoms with Crippen LogP contribution in [0.5, 0.6) is 0 Å². The summed E-state index contributed by atoms with van der Waals surface area (Å²) in [5, 5.41) is 8.81. The third-order valence-electron chi connectivity index (χ3n) is 1.84.